The Kier molecular flexibility index (Phi) is 3.13. The van der Waals surface area contributed by atoms with Gasteiger partial charge in [-0.15, -0.1) is 0 Å². The first-order valence-electron chi connectivity index (χ1n) is 5.77. The zero-order chi connectivity index (χ0) is 13.2. The SMILES string of the molecule is Oc1ccc2nc(SCc3ccc(F)cc3)[nH]c2c1. The lowest BCUT2D eigenvalue weighted by molar-refractivity contribution is 0.476. The summed E-state index contributed by atoms with van der Waals surface area (Å²) in [5, 5.41) is 10.2. The summed E-state index contributed by atoms with van der Waals surface area (Å²) < 4.78 is 12.8. The average molecular weight is 274 g/mol. The predicted octanol–water partition coefficient (Wildman–Crippen LogP) is 3.70. The third kappa shape index (κ3) is 2.71. The number of thioether (sulfide) groups is 1. The summed E-state index contributed by atoms with van der Waals surface area (Å²) in [5.41, 5.74) is 2.66. The molecule has 0 amide bonds. The van der Waals surface area contributed by atoms with Gasteiger partial charge >= 0.3 is 0 Å². The van der Waals surface area contributed by atoms with Gasteiger partial charge in [0.15, 0.2) is 5.16 Å². The van der Waals surface area contributed by atoms with Crippen LogP contribution in [0, 0.1) is 5.82 Å². The van der Waals surface area contributed by atoms with Gasteiger partial charge in [0.1, 0.15) is 11.6 Å². The largest absolute Gasteiger partial charge is 0.508 e. The van der Waals surface area contributed by atoms with Gasteiger partial charge in [-0.05, 0) is 29.8 Å². The minimum atomic E-state index is -0.229. The van der Waals surface area contributed by atoms with Crippen molar-refractivity contribution in [2.75, 3.05) is 0 Å². The van der Waals surface area contributed by atoms with Crippen LogP contribution in [-0.4, -0.2) is 15.1 Å². The molecule has 0 bridgehead atoms. The fourth-order valence-electron chi connectivity index (χ4n) is 1.77. The number of halogens is 1. The number of phenols is 1. The van der Waals surface area contributed by atoms with E-state index in [0.717, 1.165) is 21.8 Å². The Morgan fingerprint density at radius 1 is 1.16 bits per heavy atom. The number of fused-ring (bicyclic) bond motifs is 1. The Morgan fingerprint density at radius 2 is 1.95 bits per heavy atom. The van der Waals surface area contributed by atoms with E-state index < -0.39 is 0 Å². The molecule has 2 aromatic carbocycles. The van der Waals surface area contributed by atoms with E-state index in [1.807, 2.05) is 0 Å². The smallest absolute Gasteiger partial charge is 0.166 e. The Morgan fingerprint density at radius 3 is 2.74 bits per heavy atom. The third-order valence-electron chi connectivity index (χ3n) is 2.73. The molecule has 5 heteroatoms. The molecule has 3 nitrogen and oxygen atoms in total. The van der Waals surface area contributed by atoms with Gasteiger partial charge in [-0.2, -0.15) is 0 Å². The number of benzene rings is 2. The van der Waals surface area contributed by atoms with Crippen molar-refractivity contribution in [1.82, 2.24) is 9.97 Å². The van der Waals surface area contributed by atoms with E-state index in [4.69, 9.17) is 0 Å². The van der Waals surface area contributed by atoms with Crippen LogP contribution >= 0.6 is 11.8 Å². The molecule has 3 aromatic rings. The number of nitrogens with one attached hydrogen (secondary N) is 1. The van der Waals surface area contributed by atoms with Crippen LogP contribution in [0.1, 0.15) is 5.56 Å². The molecule has 0 aliphatic carbocycles. The lowest BCUT2D eigenvalue weighted by Gasteiger charge is -1.98. The monoisotopic (exact) mass is 274 g/mol. The molecule has 1 heterocycles. The van der Waals surface area contributed by atoms with Crippen LogP contribution in [0.4, 0.5) is 4.39 Å². The second-order valence-corrected chi connectivity index (χ2v) is 5.12. The van der Waals surface area contributed by atoms with Crippen LogP contribution in [0.3, 0.4) is 0 Å². The number of aromatic nitrogens is 2. The minimum Gasteiger partial charge on any atom is -0.508 e. The standard InChI is InChI=1S/C14H11FN2OS/c15-10-3-1-9(2-4-10)8-19-14-16-12-6-5-11(18)7-13(12)17-14/h1-7,18H,8H2,(H,16,17). The fraction of sp³-hybridized carbons (Fsp3) is 0.0714. The van der Waals surface area contributed by atoms with E-state index in [1.165, 1.54) is 12.1 Å². The van der Waals surface area contributed by atoms with Gasteiger partial charge in [-0.1, -0.05) is 23.9 Å². The third-order valence-corrected chi connectivity index (χ3v) is 3.68. The molecule has 0 atom stereocenters. The van der Waals surface area contributed by atoms with E-state index in [2.05, 4.69) is 9.97 Å². The molecule has 19 heavy (non-hydrogen) atoms. The van der Waals surface area contributed by atoms with Crippen LogP contribution in [0.2, 0.25) is 0 Å². The number of rotatable bonds is 3. The second kappa shape index (κ2) is 4.93. The highest BCUT2D eigenvalue weighted by molar-refractivity contribution is 7.98. The molecule has 0 saturated heterocycles. The molecule has 2 N–H and O–H groups in total. The maximum atomic E-state index is 12.8. The number of aromatic amines is 1. The molecular formula is C14H11FN2OS. The van der Waals surface area contributed by atoms with Crippen molar-refractivity contribution in [1.29, 1.82) is 0 Å². The maximum Gasteiger partial charge on any atom is 0.166 e. The van der Waals surface area contributed by atoms with Gasteiger partial charge in [0.05, 0.1) is 11.0 Å². The molecule has 0 aliphatic heterocycles. The highest BCUT2D eigenvalue weighted by Gasteiger charge is 2.04. The number of hydrogen-bond acceptors (Lipinski definition) is 3. The summed E-state index contributed by atoms with van der Waals surface area (Å²) >= 11 is 1.54. The number of aromatic hydroxyl groups is 1. The van der Waals surface area contributed by atoms with Crippen molar-refractivity contribution in [3.63, 3.8) is 0 Å². The van der Waals surface area contributed by atoms with Crippen LogP contribution in [0.25, 0.3) is 11.0 Å². The molecule has 0 saturated carbocycles. The summed E-state index contributed by atoms with van der Waals surface area (Å²) in [6, 6.07) is 11.4. The van der Waals surface area contributed by atoms with E-state index in [9.17, 15) is 9.50 Å². The normalized spacial score (nSPS) is 11.0. The molecule has 0 unspecified atom stereocenters. The van der Waals surface area contributed by atoms with E-state index in [-0.39, 0.29) is 11.6 Å². The summed E-state index contributed by atoms with van der Waals surface area (Å²) in [6.07, 6.45) is 0. The summed E-state index contributed by atoms with van der Waals surface area (Å²) in [4.78, 5) is 7.54. The van der Waals surface area contributed by atoms with Gasteiger partial charge in [0, 0.05) is 11.8 Å². The van der Waals surface area contributed by atoms with Crippen molar-refractivity contribution in [2.45, 2.75) is 10.9 Å². The van der Waals surface area contributed by atoms with Crippen molar-refractivity contribution >= 4 is 22.8 Å². The Bertz CT molecular complexity index is 709. The first-order chi connectivity index (χ1) is 9.20. The molecule has 96 valence electrons. The highest BCUT2D eigenvalue weighted by Crippen LogP contribution is 2.25. The zero-order valence-electron chi connectivity index (χ0n) is 9.93. The van der Waals surface area contributed by atoms with Crippen molar-refractivity contribution in [2.24, 2.45) is 0 Å². The summed E-state index contributed by atoms with van der Waals surface area (Å²) in [6.45, 7) is 0. The van der Waals surface area contributed by atoms with Gasteiger partial charge < -0.3 is 10.1 Å². The Balaban J connectivity index is 1.76. The number of phenolic OH excluding ortho intramolecular Hbond substituents is 1. The maximum absolute atomic E-state index is 12.8. The van der Waals surface area contributed by atoms with E-state index in [0.29, 0.717) is 5.75 Å². The van der Waals surface area contributed by atoms with Crippen molar-refractivity contribution in [3.05, 3.63) is 53.8 Å². The Hall–Kier alpha value is -2.01. The highest BCUT2D eigenvalue weighted by atomic mass is 32.2. The molecule has 0 spiro atoms. The van der Waals surface area contributed by atoms with Gasteiger partial charge in [-0.3, -0.25) is 0 Å². The molecule has 0 radical (unpaired) electrons. The number of nitrogens with zero attached hydrogens (tertiary/aromatic N) is 1. The second-order valence-electron chi connectivity index (χ2n) is 4.16. The number of imidazole rings is 1. The van der Waals surface area contributed by atoms with Crippen molar-refractivity contribution in [3.8, 4) is 5.75 Å². The van der Waals surface area contributed by atoms with Gasteiger partial charge in [0.2, 0.25) is 0 Å². The first kappa shape index (κ1) is 12.0. The van der Waals surface area contributed by atoms with E-state index >= 15 is 0 Å². The molecule has 0 fully saturated rings. The van der Waals surface area contributed by atoms with Crippen LogP contribution < -0.4 is 0 Å². The summed E-state index contributed by atoms with van der Waals surface area (Å²) in [5.74, 6) is 0.700. The summed E-state index contributed by atoms with van der Waals surface area (Å²) in [7, 11) is 0. The quantitative estimate of drug-likeness (QED) is 0.716. The minimum absolute atomic E-state index is 0.214. The molecule has 3 rings (SSSR count). The molecule has 1 aromatic heterocycles. The van der Waals surface area contributed by atoms with Gasteiger partial charge in [0.25, 0.3) is 0 Å². The van der Waals surface area contributed by atoms with Crippen LogP contribution in [0.5, 0.6) is 5.75 Å². The Labute approximate surface area is 113 Å². The number of hydrogen-bond donors (Lipinski definition) is 2. The van der Waals surface area contributed by atoms with Crippen LogP contribution in [0.15, 0.2) is 47.6 Å². The van der Waals surface area contributed by atoms with E-state index in [1.54, 1.807) is 42.1 Å². The average Bonchev–Trinajstić information content (AvgIpc) is 2.80. The van der Waals surface area contributed by atoms with Gasteiger partial charge in [-0.25, -0.2) is 9.37 Å². The van der Waals surface area contributed by atoms with Crippen LogP contribution in [-0.2, 0) is 5.75 Å². The predicted molar refractivity (Wildman–Crippen MR) is 73.7 cm³/mol. The lowest BCUT2D eigenvalue weighted by Crippen LogP contribution is -1.82. The zero-order valence-corrected chi connectivity index (χ0v) is 10.7. The topological polar surface area (TPSA) is 48.9 Å². The molecule has 0 aliphatic rings. The molecular weight excluding hydrogens is 263 g/mol. The lowest BCUT2D eigenvalue weighted by atomic mass is 10.2. The fourth-order valence-corrected chi connectivity index (χ4v) is 2.62. The van der Waals surface area contributed by atoms with Crippen molar-refractivity contribution < 1.29 is 9.50 Å². The number of H-pyrrole nitrogens is 1. The first-order valence-corrected chi connectivity index (χ1v) is 6.75.